The molecule has 2 rings (SSSR count). The molecular formula is C13H24N4. The summed E-state index contributed by atoms with van der Waals surface area (Å²) in [7, 11) is 0. The maximum Gasteiger partial charge on any atom is 0.0762 e. The van der Waals surface area contributed by atoms with Gasteiger partial charge >= 0.3 is 0 Å². The second kappa shape index (κ2) is 6.17. The minimum Gasteiger partial charge on any atom is -0.307 e. The molecule has 96 valence electrons. The number of nitrogens with zero attached hydrogens (tertiary/aromatic N) is 2. The Balaban J connectivity index is 1.68. The van der Waals surface area contributed by atoms with Crippen molar-refractivity contribution >= 4 is 0 Å². The van der Waals surface area contributed by atoms with E-state index in [0.717, 1.165) is 24.5 Å². The molecule has 0 radical (unpaired) electrons. The fraction of sp³-hybridized carbons (Fsp3) is 0.769. The van der Waals surface area contributed by atoms with Crippen LogP contribution in [0.4, 0.5) is 0 Å². The van der Waals surface area contributed by atoms with Gasteiger partial charge in [-0.05, 0) is 45.8 Å². The van der Waals surface area contributed by atoms with Crippen LogP contribution in [0, 0.1) is 6.92 Å². The zero-order valence-corrected chi connectivity index (χ0v) is 11.0. The van der Waals surface area contributed by atoms with Gasteiger partial charge in [-0.3, -0.25) is 5.10 Å². The third kappa shape index (κ3) is 4.13. The third-order valence-electron chi connectivity index (χ3n) is 3.37. The Bertz CT molecular complexity index is 328. The van der Waals surface area contributed by atoms with Crippen molar-refractivity contribution < 1.29 is 0 Å². The summed E-state index contributed by atoms with van der Waals surface area (Å²) < 4.78 is 0. The maximum atomic E-state index is 4.23. The molecule has 1 aromatic rings. The molecule has 0 aliphatic carbocycles. The number of aromatic amines is 1. The molecule has 1 aromatic heterocycles. The fourth-order valence-electron chi connectivity index (χ4n) is 2.44. The number of hydrogen-bond donors (Lipinski definition) is 2. The number of likely N-dealkylation sites (tertiary alicyclic amines) is 1. The van der Waals surface area contributed by atoms with E-state index in [1.807, 2.05) is 6.92 Å². The summed E-state index contributed by atoms with van der Waals surface area (Å²) in [6.45, 7) is 8.85. The van der Waals surface area contributed by atoms with Crippen LogP contribution in [0.2, 0.25) is 0 Å². The maximum absolute atomic E-state index is 4.23. The summed E-state index contributed by atoms with van der Waals surface area (Å²) in [5.74, 6) is 0. The second-order valence-electron chi connectivity index (χ2n) is 5.19. The van der Waals surface area contributed by atoms with Crippen LogP contribution >= 0.6 is 0 Å². The summed E-state index contributed by atoms with van der Waals surface area (Å²) in [6.07, 6.45) is 4.14. The van der Waals surface area contributed by atoms with Crippen molar-refractivity contribution in [3.63, 3.8) is 0 Å². The molecule has 0 amide bonds. The lowest BCUT2D eigenvalue weighted by Crippen LogP contribution is -2.41. The van der Waals surface area contributed by atoms with E-state index in [-0.39, 0.29) is 0 Å². The van der Waals surface area contributed by atoms with Crippen molar-refractivity contribution in [3.05, 3.63) is 17.5 Å². The molecule has 2 N–H and O–H groups in total. The Kier molecular flexibility index (Phi) is 4.57. The molecule has 1 fully saturated rings. The summed E-state index contributed by atoms with van der Waals surface area (Å²) in [4.78, 5) is 2.57. The molecular weight excluding hydrogens is 212 g/mol. The molecule has 4 nitrogen and oxygen atoms in total. The van der Waals surface area contributed by atoms with Crippen molar-refractivity contribution in [1.82, 2.24) is 20.4 Å². The molecule has 0 spiro atoms. The van der Waals surface area contributed by atoms with Gasteiger partial charge in [0.05, 0.1) is 5.69 Å². The lowest BCUT2D eigenvalue weighted by Gasteiger charge is -2.29. The minimum absolute atomic E-state index is 0.533. The van der Waals surface area contributed by atoms with Crippen molar-refractivity contribution in [2.45, 2.75) is 45.7 Å². The Morgan fingerprint density at radius 3 is 2.82 bits per heavy atom. The topological polar surface area (TPSA) is 44.0 Å². The number of aromatic nitrogens is 2. The minimum atomic E-state index is 0.533. The van der Waals surface area contributed by atoms with E-state index in [1.54, 1.807) is 0 Å². The number of nitrogens with one attached hydrogen (secondary N) is 2. The normalized spacial score (nSPS) is 19.4. The fourth-order valence-corrected chi connectivity index (χ4v) is 2.44. The number of rotatable bonds is 5. The van der Waals surface area contributed by atoms with Crippen molar-refractivity contribution in [2.24, 2.45) is 0 Å². The summed E-state index contributed by atoms with van der Waals surface area (Å²) >= 11 is 0. The van der Waals surface area contributed by atoms with E-state index in [9.17, 15) is 0 Å². The molecule has 1 saturated heterocycles. The van der Waals surface area contributed by atoms with Crippen LogP contribution in [0.5, 0.6) is 0 Å². The Hall–Kier alpha value is -0.870. The molecule has 2 heterocycles. The third-order valence-corrected chi connectivity index (χ3v) is 3.37. The van der Waals surface area contributed by atoms with Gasteiger partial charge in [-0.25, -0.2) is 0 Å². The van der Waals surface area contributed by atoms with Crippen molar-refractivity contribution in [3.8, 4) is 0 Å². The highest BCUT2D eigenvalue weighted by molar-refractivity contribution is 5.06. The quantitative estimate of drug-likeness (QED) is 0.817. The lowest BCUT2D eigenvalue weighted by molar-refractivity contribution is 0.208. The van der Waals surface area contributed by atoms with E-state index >= 15 is 0 Å². The van der Waals surface area contributed by atoms with Gasteiger partial charge in [-0.15, -0.1) is 0 Å². The predicted octanol–water partition coefficient (Wildman–Crippen LogP) is 1.68. The van der Waals surface area contributed by atoms with E-state index in [1.165, 1.54) is 32.4 Å². The van der Waals surface area contributed by atoms with E-state index in [4.69, 9.17) is 0 Å². The summed E-state index contributed by atoms with van der Waals surface area (Å²) in [5, 5.41) is 10.7. The molecule has 4 heteroatoms. The van der Waals surface area contributed by atoms with Crippen LogP contribution in [0.25, 0.3) is 0 Å². The highest BCUT2D eigenvalue weighted by atomic mass is 15.2. The molecule has 0 saturated carbocycles. The molecule has 17 heavy (non-hydrogen) atoms. The van der Waals surface area contributed by atoms with E-state index < -0.39 is 0 Å². The van der Waals surface area contributed by atoms with E-state index in [0.29, 0.717) is 6.04 Å². The van der Waals surface area contributed by atoms with Crippen LogP contribution in [0.3, 0.4) is 0 Å². The van der Waals surface area contributed by atoms with Gasteiger partial charge < -0.3 is 10.2 Å². The zero-order chi connectivity index (χ0) is 12.1. The van der Waals surface area contributed by atoms with Crippen LogP contribution in [0.1, 0.15) is 37.6 Å². The van der Waals surface area contributed by atoms with Crippen LogP contribution < -0.4 is 5.32 Å². The number of aryl methyl sites for hydroxylation is 1. The number of H-pyrrole nitrogens is 1. The van der Waals surface area contributed by atoms with Crippen molar-refractivity contribution in [1.29, 1.82) is 0 Å². The molecule has 1 aliphatic rings. The van der Waals surface area contributed by atoms with E-state index in [2.05, 4.69) is 33.4 Å². The highest BCUT2D eigenvalue weighted by Crippen LogP contribution is 2.08. The first-order chi connectivity index (χ1) is 8.24. The standard InChI is InChI=1S/C13H24N4/c1-11-8-13(16-15-11)9-14-12(2)10-17-6-4-3-5-7-17/h8,12,14H,3-7,9-10H2,1-2H3,(H,15,16). The number of piperidine rings is 1. The smallest absolute Gasteiger partial charge is 0.0762 e. The van der Waals surface area contributed by atoms with Crippen molar-refractivity contribution in [2.75, 3.05) is 19.6 Å². The highest BCUT2D eigenvalue weighted by Gasteiger charge is 2.13. The van der Waals surface area contributed by atoms with Gasteiger partial charge in [0.15, 0.2) is 0 Å². The SMILES string of the molecule is Cc1cc(CNC(C)CN2CCCCC2)n[nH]1. The largest absolute Gasteiger partial charge is 0.307 e. The average Bonchev–Trinajstić information content (AvgIpc) is 2.74. The lowest BCUT2D eigenvalue weighted by atomic mass is 10.1. The molecule has 1 aliphatic heterocycles. The van der Waals surface area contributed by atoms with Crippen LogP contribution in [0.15, 0.2) is 6.07 Å². The van der Waals surface area contributed by atoms with Crippen LogP contribution in [-0.2, 0) is 6.54 Å². The molecule has 1 unspecified atom stereocenters. The zero-order valence-electron chi connectivity index (χ0n) is 11.0. The van der Waals surface area contributed by atoms with Gasteiger partial charge in [-0.1, -0.05) is 6.42 Å². The first-order valence-electron chi connectivity index (χ1n) is 6.70. The monoisotopic (exact) mass is 236 g/mol. The summed E-state index contributed by atoms with van der Waals surface area (Å²) in [5.41, 5.74) is 2.23. The van der Waals surface area contributed by atoms with Gasteiger partial charge in [0.25, 0.3) is 0 Å². The second-order valence-corrected chi connectivity index (χ2v) is 5.19. The van der Waals surface area contributed by atoms with Crippen LogP contribution in [-0.4, -0.2) is 40.8 Å². The predicted molar refractivity (Wildman–Crippen MR) is 69.9 cm³/mol. The first kappa shape index (κ1) is 12.6. The van der Waals surface area contributed by atoms with Gasteiger partial charge in [0, 0.05) is 24.8 Å². The summed E-state index contributed by atoms with van der Waals surface area (Å²) in [6, 6.07) is 2.63. The molecule has 0 bridgehead atoms. The molecule has 0 aromatic carbocycles. The first-order valence-corrected chi connectivity index (χ1v) is 6.70. The van der Waals surface area contributed by atoms with Gasteiger partial charge in [0.2, 0.25) is 0 Å². The molecule has 1 atom stereocenters. The Morgan fingerprint density at radius 1 is 1.41 bits per heavy atom. The Labute approximate surface area is 104 Å². The van der Waals surface area contributed by atoms with Gasteiger partial charge in [0.1, 0.15) is 0 Å². The Morgan fingerprint density at radius 2 is 2.18 bits per heavy atom. The average molecular weight is 236 g/mol. The van der Waals surface area contributed by atoms with Gasteiger partial charge in [-0.2, -0.15) is 5.10 Å². The number of hydrogen-bond acceptors (Lipinski definition) is 3.